The van der Waals surface area contributed by atoms with Crippen molar-refractivity contribution >= 4 is 52.1 Å². The minimum absolute atomic E-state index is 0. The number of nitrogens with zero attached hydrogens (tertiary/aromatic N) is 4. The van der Waals surface area contributed by atoms with Crippen LogP contribution in [0.5, 0.6) is 0 Å². The Labute approximate surface area is 398 Å². The number of benzene rings is 6. The molecule has 1 aliphatic rings. The summed E-state index contributed by atoms with van der Waals surface area (Å²) in [5, 5.41) is 8.79. The van der Waals surface area contributed by atoms with Gasteiger partial charge in [0.25, 0.3) is 0 Å². The Morgan fingerprint density at radius 3 is 2.10 bits per heavy atom. The van der Waals surface area contributed by atoms with E-state index in [1.54, 1.807) is 18.3 Å². The van der Waals surface area contributed by atoms with Crippen LogP contribution in [0.1, 0.15) is 101 Å². The number of aromatic nitrogens is 2. The maximum Gasteiger partial charge on any atom is 3.00 e. The quantitative estimate of drug-likeness (QED) is 0.112. The molecule has 0 radical (unpaired) electrons. The number of aryl methyl sites for hydroxylation is 1. The van der Waals surface area contributed by atoms with Crippen molar-refractivity contribution in [2.24, 2.45) is 5.41 Å². The summed E-state index contributed by atoms with van der Waals surface area (Å²) in [5.74, 6) is 0.773. The number of hydrogen-bond donors (Lipinski definition) is 0. The molecule has 0 amide bonds. The van der Waals surface area contributed by atoms with E-state index in [9.17, 15) is 0 Å². The van der Waals surface area contributed by atoms with Crippen LogP contribution in [0.3, 0.4) is 0 Å². The van der Waals surface area contributed by atoms with Crippen molar-refractivity contribution < 1.29 is 27.0 Å². The van der Waals surface area contributed by atoms with Crippen molar-refractivity contribution in [2.45, 2.75) is 99.3 Å². The Hall–Kier alpha value is -5.26. The molecular weight excluding hydrogens is 961 g/mol. The summed E-state index contributed by atoms with van der Waals surface area (Å²) in [4.78, 5) is 7.03. The van der Waals surface area contributed by atoms with Gasteiger partial charge in [0.1, 0.15) is 0 Å². The van der Waals surface area contributed by atoms with E-state index in [1.807, 2.05) is 26.8 Å². The minimum atomic E-state index is -2.17. The van der Waals surface area contributed by atoms with Gasteiger partial charge in [0, 0.05) is 35.6 Å². The van der Waals surface area contributed by atoms with Crippen LogP contribution in [0.25, 0.3) is 44.1 Å². The normalized spacial score (nSPS) is 15.4. The third-order valence-corrected chi connectivity index (χ3v) is 13.5. The van der Waals surface area contributed by atoms with Crippen molar-refractivity contribution in [2.75, 3.05) is 4.90 Å². The number of pyridine rings is 1. The topological polar surface area (TPSA) is 35.2 Å². The van der Waals surface area contributed by atoms with Gasteiger partial charge in [0.15, 0.2) is 0 Å². The fraction of sp³-hybridized carbons (Fsp3) is 0.281. The molecule has 1 atom stereocenters. The molecule has 1 unspecified atom stereocenters. The monoisotopic (exact) mass is 1030 g/mol. The zero-order valence-corrected chi connectivity index (χ0v) is 41.5. The van der Waals surface area contributed by atoms with Gasteiger partial charge in [-0.25, -0.2) is 0 Å². The van der Waals surface area contributed by atoms with Crippen molar-refractivity contribution in [1.29, 1.82) is 0 Å². The molecular formula is C57H61IrN4Si. The van der Waals surface area contributed by atoms with E-state index in [2.05, 4.69) is 183 Å². The fourth-order valence-corrected chi connectivity index (χ4v) is 9.96. The average Bonchev–Trinajstić information content (AvgIpc) is 3.84. The molecule has 6 heteroatoms. The van der Waals surface area contributed by atoms with Gasteiger partial charge in [0.05, 0.1) is 8.07 Å². The van der Waals surface area contributed by atoms with Crippen molar-refractivity contribution in [3.05, 3.63) is 185 Å². The first-order valence-electron chi connectivity index (χ1n) is 24.3. The van der Waals surface area contributed by atoms with Crippen molar-refractivity contribution in [1.82, 2.24) is 9.55 Å². The Balaban J connectivity index is 0.000000215. The molecule has 4 nitrogen and oxygen atoms in total. The van der Waals surface area contributed by atoms with Gasteiger partial charge in [0.2, 0.25) is 0 Å². The summed E-state index contributed by atoms with van der Waals surface area (Å²) in [6.45, 7) is 19.2. The third-order valence-electron chi connectivity index (χ3n) is 11.5. The van der Waals surface area contributed by atoms with Gasteiger partial charge in [-0.2, -0.15) is 23.8 Å². The standard InChI is InChI=1S/C37H33N3.C20H28NSi.Ir/c1-24(2)28-16-12-17-29(25(3)4)36(28)40-35-20-11-9-18-32(35)38-37(40)26-21-22-34-31(23-26)30-15-8-10-19-33(30)39(34)27-13-6-5-7-14-27;1-15-8-10-16(11-9-15)18-12-17(13-20(2,3)4)19(14-21-18)22(5,6)7;/h5-20,22-25,37H,1-4H3;8-10,12,14H,13H2,1-7H3;/q-2;-1;+3/i;1D3,13D2;. The molecule has 0 bridgehead atoms. The van der Waals surface area contributed by atoms with Crippen LogP contribution in [0.2, 0.25) is 19.6 Å². The van der Waals surface area contributed by atoms with Gasteiger partial charge in [-0.1, -0.05) is 165 Å². The smallest absolute Gasteiger partial charge is 0.661 e. The molecule has 8 aromatic rings. The molecule has 0 aliphatic carbocycles. The first kappa shape index (κ1) is 39.3. The molecule has 0 fully saturated rings. The van der Waals surface area contributed by atoms with Crippen LogP contribution in [0.4, 0.5) is 17.1 Å². The number of rotatable bonds is 8. The van der Waals surface area contributed by atoms with E-state index in [4.69, 9.17) is 12.2 Å². The summed E-state index contributed by atoms with van der Waals surface area (Å²) in [6.07, 6.45) is 0.0725. The summed E-state index contributed by atoms with van der Waals surface area (Å²) < 4.78 is 42.4. The third kappa shape index (κ3) is 9.50. The molecule has 322 valence electrons. The largest absolute Gasteiger partial charge is 3.00 e. The van der Waals surface area contributed by atoms with Crippen LogP contribution in [0.15, 0.2) is 140 Å². The number of anilines is 2. The van der Waals surface area contributed by atoms with E-state index in [0.29, 0.717) is 28.7 Å². The molecule has 2 aromatic heterocycles. The minimum Gasteiger partial charge on any atom is -0.661 e. The molecule has 3 heterocycles. The molecule has 9 rings (SSSR count). The second kappa shape index (κ2) is 18.5. The maximum absolute atomic E-state index is 8.79. The molecule has 0 spiro atoms. The maximum atomic E-state index is 8.79. The molecule has 0 saturated carbocycles. The van der Waals surface area contributed by atoms with Gasteiger partial charge in [-0.15, -0.1) is 46.5 Å². The zero-order valence-electron chi connectivity index (χ0n) is 43.1. The SMILES string of the molecule is CC(C)c1cccc(C(C)C)c1N1c2ccccc2[N-]C1c1[c-]cc2c(c1)c1ccccc1n2-c1ccccc1.[2H]C([2H])([2H])c1c[c-]c(-c2cc(C([2H])([2H])C(C)(C)C)c([Si](C)(C)C)cn2)cc1.[Ir+3]. The first-order valence-corrected chi connectivity index (χ1v) is 25.3. The zero-order chi connectivity index (χ0) is 48.2. The predicted molar refractivity (Wildman–Crippen MR) is 268 cm³/mol. The van der Waals surface area contributed by atoms with E-state index >= 15 is 0 Å². The van der Waals surface area contributed by atoms with Crippen LogP contribution >= 0.6 is 0 Å². The Morgan fingerprint density at radius 1 is 0.762 bits per heavy atom. The van der Waals surface area contributed by atoms with Gasteiger partial charge < -0.3 is 19.8 Å². The predicted octanol–water partition coefficient (Wildman–Crippen LogP) is 15.7. The molecule has 63 heavy (non-hydrogen) atoms. The van der Waals surface area contributed by atoms with Crippen molar-refractivity contribution in [3.8, 4) is 16.9 Å². The van der Waals surface area contributed by atoms with Gasteiger partial charge in [-0.3, -0.25) is 0 Å². The molecule has 0 N–H and O–H groups in total. The van der Waals surface area contributed by atoms with Crippen LogP contribution in [0, 0.1) is 24.4 Å². The summed E-state index contributed by atoms with van der Waals surface area (Å²) in [5.41, 5.74) is 12.4. The van der Waals surface area contributed by atoms with Crippen LogP contribution in [-0.4, -0.2) is 17.6 Å². The second-order valence-electron chi connectivity index (χ2n) is 19.1. The molecule has 6 aromatic carbocycles. The number of hydrogen-bond acceptors (Lipinski definition) is 2. The number of fused-ring (bicyclic) bond motifs is 4. The Bertz CT molecular complexity index is 3030. The van der Waals surface area contributed by atoms with Gasteiger partial charge in [-0.05, 0) is 81.4 Å². The average molecular weight is 1030 g/mol. The van der Waals surface area contributed by atoms with E-state index < -0.39 is 26.7 Å². The fourth-order valence-electron chi connectivity index (χ4n) is 8.56. The Kier molecular flexibility index (Phi) is 11.5. The van der Waals surface area contributed by atoms with Crippen LogP contribution in [-0.2, 0) is 26.5 Å². The second-order valence-corrected chi connectivity index (χ2v) is 24.1. The Morgan fingerprint density at radius 2 is 1.44 bits per heavy atom. The molecule has 0 saturated heterocycles. The van der Waals surface area contributed by atoms with E-state index in [1.165, 1.54) is 39.2 Å². The summed E-state index contributed by atoms with van der Waals surface area (Å²) in [6, 6.07) is 52.3. The van der Waals surface area contributed by atoms with Gasteiger partial charge >= 0.3 is 20.1 Å². The summed E-state index contributed by atoms with van der Waals surface area (Å²) in [7, 11) is -1.81. The first-order chi connectivity index (χ1) is 31.6. The molecule has 1 aliphatic heterocycles. The van der Waals surface area contributed by atoms with E-state index in [-0.39, 0.29) is 31.8 Å². The van der Waals surface area contributed by atoms with E-state index in [0.717, 1.165) is 33.3 Å². The number of para-hydroxylation sites is 5. The summed E-state index contributed by atoms with van der Waals surface area (Å²) >= 11 is 0. The van der Waals surface area contributed by atoms with Crippen LogP contribution < -0.4 is 10.1 Å². The van der Waals surface area contributed by atoms with Crippen molar-refractivity contribution in [3.63, 3.8) is 0 Å².